The number of fused-ring (bicyclic) bond motifs is 1. The molecule has 156 valence electrons. The van der Waals surface area contributed by atoms with E-state index in [1.807, 2.05) is 0 Å². The molecular formula is C22H18ClFO6. The number of carbonyl (C=O) groups is 1. The van der Waals surface area contributed by atoms with Gasteiger partial charge in [0.2, 0.25) is 0 Å². The van der Waals surface area contributed by atoms with E-state index < -0.39 is 11.8 Å². The molecule has 0 amide bonds. The smallest absolute Gasteiger partial charge is 0.306 e. The first-order valence-corrected chi connectivity index (χ1v) is 9.79. The molecule has 1 aliphatic carbocycles. The summed E-state index contributed by atoms with van der Waals surface area (Å²) in [7, 11) is 0. The van der Waals surface area contributed by atoms with Gasteiger partial charge >= 0.3 is 5.97 Å². The first kappa shape index (κ1) is 20.4. The van der Waals surface area contributed by atoms with Gasteiger partial charge in [0.05, 0.1) is 34.6 Å². The lowest BCUT2D eigenvalue weighted by Crippen LogP contribution is -2.37. The first-order valence-electron chi connectivity index (χ1n) is 9.42. The lowest BCUT2D eigenvalue weighted by atomic mass is 9.82. The van der Waals surface area contributed by atoms with Gasteiger partial charge in [-0.15, -0.1) is 0 Å². The van der Waals surface area contributed by atoms with E-state index in [0.29, 0.717) is 24.0 Å². The van der Waals surface area contributed by atoms with Crippen LogP contribution < -0.4 is 10.2 Å². The zero-order valence-electron chi connectivity index (χ0n) is 15.8. The fourth-order valence-corrected chi connectivity index (χ4v) is 3.58. The van der Waals surface area contributed by atoms with Crippen molar-refractivity contribution in [3.05, 3.63) is 63.5 Å². The monoisotopic (exact) mass is 432 g/mol. The van der Waals surface area contributed by atoms with E-state index in [0.717, 1.165) is 0 Å². The Balaban J connectivity index is 1.50. The minimum atomic E-state index is -0.806. The van der Waals surface area contributed by atoms with Crippen LogP contribution in [0.5, 0.6) is 5.75 Å². The van der Waals surface area contributed by atoms with Crippen LogP contribution in [0, 0.1) is 11.7 Å². The van der Waals surface area contributed by atoms with Crippen molar-refractivity contribution < 1.29 is 28.2 Å². The average Bonchev–Trinajstić information content (AvgIpc) is 2.67. The van der Waals surface area contributed by atoms with Gasteiger partial charge in [0.15, 0.2) is 11.0 Å². The van der Waals surface area contributed by atoms with Gasteiger partial charge in [-0.2, -0.15) is 0 Å². The second kappa shape index (κ2) is 8.45. The molecule has 0 spiro atoms. The van der Waals surface area contributed by atoms with Gasteiger partial charge in [-0.05, 0) is 43.2 Å². The lowest BCUT2D eigenvalue weighted by molar-refractivity contribution is -0.151. The van der Waals surface area contributed by atoms with Gasteiger partial charge in [-0.1, -0.05) is 17.7 Å². The maximum atomic E-state index is 13.9. The standard InChI is InChI=1S/C22H18ClFO6/c23-17-3-1-2-15-18(25)11-20(30-21(15)17)16-10-13(24)4-5-19(16)29-7-6-28-14-8-12(9-14)22(26)27/h1-5,10-12,14H,6-9H2,(H,26,27)/t12-,14+. The average molecular weight is 433 g/mol. The van der Waals surface area contributed by atoms with Crippen molar-refractivity contribution in [2.45, 2.75) is 18.9 Å². The number of hydrogen-bond donors (Lipinski definition) is 1. The Morgan fingerprint density at radius 3 is 2.77 bits per heavy atom. The Hall–Kier alpha value is -2.90. The largest absolute Gasteiger partial charge is 0.490 e. The summed E-state index contributed by atoms with van der Waals surface area (Å²) in [5.41, 5.74) is 0.201. The number of rotatable bonds is 7. The highest BCUT2D eigenvalue weighted by Gasteiger charge is 2.34. The number of aliphatic carboxylic acids is 1. The van der Waals surface area contributed by atoms with Crippen molar-refractivity contribution in [2.75, 3.05) is 13.2 Å². The molecule has 0 saturated heterocycles. The Kier molecular flexibility index (Phi) is 5.74. The van der Waals surface area contributed by atoms with Crippen LogP contribution in [0.2, 0.25) is 5.02 Å². The number of carboxylic acids is 1. The van der Waals surface area contributed by atoms with E-state index in [-0.39, 0.29) is 52.6 Å². The zero-order valence-corrected chi connectivity index (χ0v) is 16.5. The molecule has 0 aliphatic heterocycles. The van der Waals surface area contributed by atoms with Crippen LogP contribution in [0.15, 0.2) is 51.7 Å². The Bertz CT molecular complexity index is 1150. The van der Waals surface area contributed by atoms with Gasteiger partial charge in [-0.25, -0.2) is 4.39 Å². The summed E-state index contributed by atoms with van der Waals surface area (Å²) in [5.74, 6) is -1.20. The fraction of sp³-hybridized carbons (Fsp3) is 0.273. The van der Waals surface area contributed by atoms with Crippen LogP contribution in [-0.4, -0.2) is 30.4 Å². The Labute approximate surface area is 175 Å². The van der Waals surface area contributed by atoms with Crippen molar-refractivity contribution in [3.63, 3.8) is 0 Å². The summed E-state index contributed by atoms with van der Waals surface area (Å²) in [4.78, 5) is 23.3. The number of hydrogen-bond acceptors (Lipinski definition) is 5. The summed E-state index contributed by atoms with van der Waals surface area (Å²) >= 11 is 6.15. The van der Waals surface area contributed by atoms with Gasteiger partial charge in [0.25, 0.3) is 0 Å². The second-order valence-electron chi connectivity index (χ2n) is 7.08. The summed E-state index contributed by atoms with van der Waals surface area (Å²) in [5, 5.41) is 9.49. The predicted octanol–water partition coefficient (Wildman–Crippen LogP) is 4.51. The van der Waals surface area contributed by atoms with E-state index in [2.05, 4.69) is 0 Å². The molecule has 1 N–H and O–H groups in total. The first-order chi connectivity index (χ1) is 14.4. The SMILES string of the molecule is O=c1cc(-c2cc(F)ccc2OCCO[C@H]2C[C@@H](C(=O)O)C2)oc2c(Cl)cccc12. The molecule has 30 heavy (non-hydrogen) atoms. The third kappa shape index (κ3) is 4.17. The van der Waals surface area contributed by atoms with Crippen LogP contribution in [0.4, 0.5) is 4.39 Å². The predicted molar refractivity (Wildman–Crippen MR) is 108 cm³/mol. The molecule has 6 nitrogen and oxygen atoms in total. The van der Waals surface area contributed by atoms with Crippen molar-refractivity contribution >= 4 is 28.5 Å². The molecule has 2 aromatic carbocycles. The van der Waals surface area contributed by atoms with E-state index in [1.54, 1.807) is 18.2 Å². The Morgan fingerprint density at radius 2 is 2.00 bits per heavy atom. The van der Waals surface area contributed by atoms with Crippen molar-refractivity contribution in [1.82, 2.24) is 0 Å². The van der Waals surface area contributed by atoms with Crippen LogP contribution in [0.1, 0.15) is 12.8 Å². The third-order valence-electron chi connectivity index (χ3n) is 5.05. The number of halogens is 2. The van der Waals surface area contributed by atoms with E-state index in [4.69, 9.17) is 30.6 Å². The molecular weight excluding hydrogens is 415 g/mol. The van der Waals surface area contributed by atoms with E-state index >= 15 is 0 Å². The molecule has 4 rings (SSSR count). The minimum absolute atomic E-state index is 0.0944. The summed E-state index contributed by atoms with van der Waals surface area (Å²) < 4.78 is 31.0. The fourth-order valence-electron chi connectivity index (χ4n) is 3.37. The number of benzene rings is 2. The maximum absolute atomic E-state index is 13.9. The topological polar surface area (TPSA) is 86.0 Å². The molecule has 1 fully saturated rings. The number of para-hydroxylation sites is 1. The van der Waals surface area contributed by atoms with Gasteiger partial charge in [-0.3, -0.25) is 9.59 Å². The number of ether oxygens (including phenoxy) is 2. The van der Waals surface area contributed by atoms with Crippen molar-refractivity contribution in [3.8, 4) is 17.1 Å². The Morgan fingerprint density at radius 1 is 1.20 bits per heavy atom. The van der Waals surface area contributed by atoms with Crippen LogP contribution >= 0.6 is 11.6 Å². The highest BCUT2D eigenvalue weighted by Crippen LogP contribution is 2.34. The summed E-state index contributed by atoms with van der Waals surface area (Å²) in [6.07, 6.45) is 0.878. The molecule has 0 radical (unpaired) electrons. The van der Waals surface area contributed by atoms with Crippen molar-refractivity contribution in [2.24, 2.45) is 5.92 Å². The second-order valence-corrected chi connectivity index (χ2v) is 7.49. The molecule has 1 saturated carbocycles. The molecule has 1 heterocycles. The molecule has 0 atom stereocenters. The molecule has 1 aliphatic rings. The zero-order chi connectivity index (χ0) is 21.3. The van der Waals surface area contributed by atoms with Gasteiger partial charge in [0.1, 0.15) is 23.9 Å². The molecule has 3 aromatic rings. The summed E-state index contributed by atoms with van der Waals surface area (Å²) in [6.45, 7) is 0.423. The number of carboxylic acid groups (broad SMARTS) is 1. The van der Waals surface area contributed by atoms with Crippen molar-refractivity contribution in [1.29, 1.82) is 0 Å². The maximum Gasteiger partial charge on any atom is 0.306 e. The highest BCUT2D eigenvalue weighted by atomic mass is 35.5. The van der Waals surface area contributed by atoms with E-state index in [1.165, 1.54) is 24.3 Å². The van der Waals surface area contributed by atoms with Gasteiger partial charge < -0.3 is 19.0 Å². The molecule has 0 unspecified atom stereocenters. The quantitative estimate of drug-likeness (QED) is 0.553. The van der Waals surface area contributed by atoms with E-state index in [9.17, 15) is 14.0 Å². The normalized spacial score (nSPS) is 18.2. The van der Waals surface area contributed by atoms with Crippen LogP contribution in [-0.2, 0) is 9.53 Å². The molecule has 0 bridgehead atoms. The lowest BCUT2D eigenvalue weighted by Gasteiger charge is -2.32. The third-order valence-corrected chi connectivity index (χ3v) is 5.35. The van der Waals surface area contributed by atoms with Crippen LogP contribution in [0.3, 0.4) is 0 Å². The van der Waals surface area contributed by atoms with Gasteiger partial charge in [0, 0.05) is 6.07 Å². The molecule has 1 aromatic heterocycles. The summed E-state index contributed by atoms with van der Waals surface area (Å²) in [6, 6.07) is 10.1. The highest BCUT2D eigenvalue weighted by molar-refractivity contribution is 6.34. The van der Waals surface area contributed by atoms with Crippen LogP contribution in [0.25, 0.3) is 22.3 Å². The minimum Gasteiger partial charge on any atom is -0.490 e. The molecule has 8 heteroatoms.